The van der Waals surface area contributed by atoms with E-state index in [-0.39, 0.29) is 41.7 Å². The van der Waals surface area contributed by atoms with Crippen LogP contribution in [0.15, 0.2) is 18.2 Å². The number of fused-ring (bicyclic) bond motifs is 1. The first-order valence-corrected chi connectivity index (χ1v) is 11.5. The number of hydrogen-bond acceptors (Lipinski definition) is 6. The summed E-state index contributed by atoms with van der Waals surface area (Å²) < 4.78 is 0. The van der Waals surface area contributed by atoms with Crippen LogP contribution in [0.5, 0.6) is 0 Å². The van der Waals surface area contributed by atoms with Gasteiger partial charge < -0.3 is 16.0 Å². The van der Waals surface area contributed by atoms with Crippen LogP contribution < -0.4 is 27.2 Å². The molecule has 0 spiro atoms. The monoisotopic (exact) mass is 456 g/mol. The largest absolute Gasteiger partial charge is 0.375 e. The van der Waals surface area contributed by atoms with Gasteiger partial charge in [-0.2, -0.15) is 0 Å². The molecule has 3 fully saturated rings. The average Bonchev–Trinajstić information content (AvgIpc) is 3.40. The number of rotatable bonds is 7. The lowest BCUT2D eigenvalue weighted by atomic mass is 9.85. The highest BCUT2D eigenvalue weighted by atomic mass is 16.2. The molecule has 7 N–H and O–H groups in total. The lowest BCUT2D eigenvalue weighted by Crippen LogP contribution is -2.57. The molecule has 0 unspecified atom stereocenters. The third-order valence-corrected chi connectivity index (χ3v) is 6.69. The summed E-state index contributed by atoms with van der Waals surface area (Å²) in [4.78, 5) is 39.4. The predicted molar refractivity (Wildman–Crippen MR) is 124 cm³/mol. The van der Waals surface area contributed by atoms with Crippen LogP contribution in [0.4, 0.5) is 5.69 Å². The van der Waals surface area contributed by atoms with E-state index in [0.29, 0.717) is 17.7 Å². The minimum absolute atomic E-state index is 0.0338. The Morgan fingerprint density at radius 1 is 1.30 bits per heavy atom. The molecule has 4 rings (SSSR count). The number of primary amides is 1. The van der Waals surface area contributed by atoms with Gasteiger partial charge in [-0.1, -0.05) is 19.9 Å². The smallest absolute Gasteiger partial charge is 0.313 e. The first-order chi connectivity index (χ1) is 15.6. The molecule has 3 atom stereocenters. The zero-order chi connectivity index (χ0) is 23.9. The van der Waals surface area contributed by atoms with Crippen molar-refractivity contribution in [3.05, 3.63) is 29.3 Å². The minimum Gasteiger partial charge on any atom is -0.375 e. The van der Waals surface area contributed by atoms with Crippen LogP contribution in [0, 0.1) is 12.3 Å². The third-order valence-electron chi connectivity index (χ3n) is 6.69. The number of anilines is 1. The van der Waals surface area contributed by atoms with Gasteiger partial charge >= 0.3 is 5.91 Å². The maximum atomic E-state index is 13.2. The molecule has 3 saturated heterocycles. The molecule has 1 aromatic carbocycles. The van der Waals surface area contributed by atoms with Crippen molar-refractivity contribution in [1.82, 2.24) is 20.7 Å². The SMILES string of the molecule is Cc1ccc(C(=[NH2+])C(N)=O)c(NCC(=O)N2[C@@H]3N[C@@H]3C[C@H]2C(=O)NN2CCCC(C)(C)C2)c1. The number of aryl methyl sites for hydroxylation is 1. The third kappa shape index (κ3) is 5.01. The van der Waals surface area contributed by atoms with Crippen LogP contribution >= 0.6 is 0 Å². The fourth-order valence-corrected chi connectivity index (χ4v) is 4.93. The van der Waals surface area contributed by atoms with Gasteiger partial charge in [-0.25, -0.2) is 10.4 Å². The fourth-order valence-electron chi connectivity index (χ4n) is 4.93. The van der Waals surface area contributed by atoms with E-state index >= 15 is 0 Å². The van der Waals surface area contributed by atoms with E-state index < -0.39 is 11.9 Å². The number of nitrogens with two attached hydrogens (primary N) is 2. The van der Waals surface area contributed by atoms with Gasteiger partial charge in [-0.15, -0.1) is 0 Å². The molecule has 10 nitrogen and oxygen atoms in total. The Kier molecular flexibility index (Phi) is 6.15. The Morgan fingerprint density at radius 3 is 2.76 bits per heavy atom. The molecule has 0 saturated carbocycles. The fraction of sp³-hybridized carbons (Fsp3) is 0.565. The summed E-state index contributed by atoms with van der Waals surface area (Å²) in [6.07, 6.45) is 2.64. The number of piperidine rings is 1. The summed E-state index contributed by atoms with van der Waals surface area (Å²) in [6.45, 7) is 7.87. The van der Waals surface area contributed by atoms with Crippen LogP contribution in [0.2, 0.25) is 0 Å². The zero-order valence-electron chi connectivity index (χ0n) is 19.5. The maximum Gasteiger partial charge on any atom is 0.313 e. The van der Waals surface area contributed by atoms with Crippen molar-refractivity contribution in [1.29, 1.82) is 0 Å². The molecule has 1 aromatic rings. The van der Waals surface area contributed by atoms with Crippen molar-refractivity contribution < 1.29 is 19.8 Å². The molecule has 0 bridgehead atoms. The highest BCUT2D eigenvalue weighted by Gasteiger charge is 2.56. The van der Waals surface area contributed by atoms with Gasteiger partial charge in [0.2, 0.25) is 5.91 Å². The van der Waals surface area contributed by atoms with Gasteiger partial charge in [0, 0.05) is 24.8 Å². The highest BCUT2D eigenvalue weighted by Crippen LogP contribution is 2.34. The number of likely N-dealkylation sites (tertiary alicyclic amines) is 1. The van der Waals surface area contributed by atoms with Crippen LogP contribution in [0.25, 0.3) is 0 Å². The quantitative estimate of drug-likeness (QED) is 0.248. The number of nitrogens with zero attached hydrogens (tertiary/aromatic N) is 2. The van der Waals surface area contributed by atoms with E-state index in [0.717, 1.165) is 31.5 Å². The second-order valence-corrected chi connectivity index (χ2v) is 10.1. The summed E-state index contributed by atoms with van der Waals surface area (Å²) in [7, 11) is 0. The Labute approximate surface area is 193 Å². The van der Waals surface area contributed by atoms with Crippen molar-refractivity contribution in [2.45, 2.75) is 58.3 Å². The van der Waals surface area contributed by atoms with Gasteiger partial charge in [0.05, 0.1) is 18.3 Å². The number of carbonyl (C=O) groups excluding carboxylic acids is 3. The lowest BCUT2D eigenvalue weighted by molar-refractivity contribution is -0.141. The normalized spacial score (nSPS) is 25.8. The van der Waals surface area contributed by atoms with Gasteiger partial charge in [0.25, 0.3) is 11.6 Å². The molecule has 33 heavy (non-hydrogen) atoms. The summed E-state index contributed by atoms with van der Waals surface area (Å²) in [5, 5.41) is 14.2. The Bertz CT molecular complexity index is 992. The average molecular weight is 457 g/mol. The predicted octanol–water partition coefficient (Wildman–Crippen LogP) is -1.51. The second-order valence-electron chi connectivity index (χ2n) is 10.1. The summed E-state index contributed by atoms with van der Waals surface area (Å²) in [6, 6.07) is 4.96. The Balaban J connectivity index is 1.42. The van der Waals surface area contributed by atoms with Gasteiger partial charge in [0.1, 0.15) is 6.04 Å². The van der Waals surface area contributed by atoms with E-state index in [1.54, 1.807) is 11.0 Å². The van der Waals surface area contributed by atoms with Crippen molar-refractivity contribution >= 4 is 29.1 Å². The van der Waals surface area contributed by atoms with E-state index in [1.807, 2.05) is 24.1 Å². The summed E-state index contributed by atoms with van der Waals surface area (Å²) in [5.41, 5.74) is 10.4. The van der Waals surface area contributed by atoms with E-state index in [9.17, 15) is 14.4 Å². The Hall–Kier alpha value is -2.98. The van der Waals surface area contributed by atoms with Gasteiger partial charge in [-0.05, 0) is 49.3 Å². The number of nitrogens with one attached hydrogen (secondary N) is 3. The van der Waals surface area contributed by atoms with Crippen LogP contribution in [0.1, 0.15) is 44.2 Å². The minimum atomic E-state index is -0.726. The number of carbonyl (C=O) groups is 3. The molecular formula is C23H34N7O3+. The Morgan fingerprint density at radius 2 is 2.06 bits per heavy atom. The van der Waals surface area contributed by atoms with Crippen molar-refractivity contribution in [2.75, 3.05) is 25.0 Å². The van der Waals surface area contributed by atoms with E-state index in [4.69, 9.17) is 11.1 Å². The van der Waals surface area contributed by atoms with Gasteiger partial charge in [0.15, 0.2) is 0 Å². The van der Waals surface area contributed by atoms with Crippen LogP contribution in [-0.2, 0) is 14.4 Å². The van der Waals surface area contributed by atoms with Crippen molar-refractivity contribution in [3.8, 4) is 0 Å². The molecular weight excluding hydrogens is 422 g/mol. The van der Waals surface area contributed by atoms with Crippen LogP contribution in [0.3, 0.4) is 0 Å². The molecule has 10 heteroatoms. The number of benzene rings is 1. The summed E-state index contributed by atoms with van der Waals surface area (Å²) >= 11 is 0. The molecule has 0 aromatic heterocycles. The summed E-state index contributed by atoms with van der Waals surface area (Å²) in [5.74, 6) is -1.07. The topological polar surface area (TPSA) is 155 Å². The second kappa shape index (κ2) is 8.75. The van der Waals surface area contributed by atoms with Crippen molar-refractivity contribution in [3.63, 3.8) is 0 Å². The molecule has 3 aliphatic rings. The van der Waals surface area contributed by atoms with Gasteiger partial charge in [-0.3, -0.25) is 25.1 Å². The first kappa shape index (κ1) is 23.2. The zero-order valence-corrected chi connectivity index (χ0v) is 19.5. The lowest BCUT2D eigenvalue weighted by Gasteiger charge is -2.39. The molecule has 3 amide bonds. The number of amides is 3. The molecule has 3 aliphatic heterocycles. The molecule has 178 valence electrons. The maximum absolute atomic E-state index is 13.2. The highest BCUT2D eigenvalue weighted by molar-refractivity contribution is 6.43. The molecule has 0 aliphatic carbocycles. The van der Waals surface area contributed by atoms with Crippen molar-refractivity contribution in [2.24, 2.45) is 11.1 Å². The molecule has 3 heterocycles. The van der Waals surface area contributed by atoms with Crippen LogP contribution in [-0.4, -0.2) is 71.2 Å². The number of hydrogen-bond donors (Lipinski definition) is 5. The first-order valence-electron chi connectivity index (χ1n) is 11.5. The molecule has 0 radical (unpaired) electrons. The standard InChI is InChI=1S/C23H33N7O3/c1-13-5-6-14(19(24)20(25)32)15(9-13)26-11-18(31)30-17(10-16-21(30)27-16)22(33)28-29-8-4-7-23(2,3)12-29/h5-6,9,16-17,21,24,26-27H,4,7-8,10-12H2,1-3H3,(H2,25,32)(H,28,33)/p+1/t16-,17+,21+/m1/s1. The number of hydrazine groups is 1. The van der Waals surface area contributed by atoms with E-state index in [2.05, 4.69) is 29.9 Å². The van der Waals surface area contributed by atoms with E-state index in [1.165, 1.54) is 0 Å².